The SMILES string of the molecule is c1ccc(-c2cccc(-c3ccc(N(c4ccc5c(c4)c4ccccc4n5-c4ccccc4)c4ccccc4-c4ccccc4-c4ccccc4-c4ccccc4)cc3)c2)cc1. The average Bonchev–Trinajstić information content (AvgIpc) is 3.69. The summed E-state index contributed by atoms with van der Waals surface area (Å²) in [5, 5.41) is 2.42. The van der Waals surface area contributed by atoms with Crippen LogP contribution in [0.3, 0.4) is 0 Å². The van der Waals surface area contributed by atoms with Gasteiger partial charge in [-0.2, -0.15) is 0 Å². The molecule has 2 nitrogen and oxygen atoms in total. The molecule has 11 aromatic rings. The standard InChI is InChI=1S/C60H42N2/c1-4-19-43(20-5-1)46-23-18-24-47(41-46)44-35-37-49(38-36-44)61(50-39-40-60-57(42-50)56-32-15-17-34-59(56)62(60)48-25-8-3-9-26-48)58-33-16-14-31-55(58)54-30-13-12-29-53(54)52-28-11-10-27-51(52)45-21-6-2-7-22-45/h1-42H. The molecule has 0 spiro atoms. The topological polar surface area (TPSA) is 8.17 Å². The molecular weight excluding hydrogens is 749 g/mol. The van der Waals surface area contributed by atoms with Crippen molar-refractivity contribution >= 4 is 38.9 Å². The quantitative estimate of drug-likeness (QED) is 0.141. The second-order valence-corrected chi connectivity index (χ2v) is 15.7. The fraction of sp³-hybridized carbons (Fsp3) is 0. The highest BCUT2D eigenvalue weighted by Gasteiger charge is 2.22. The van der Waals surface area contributed by atoms with Crippen LogP contribution in [-0.4, -0.2) is 4.57 Å². The fourth-order valence-corrected chi connectivity index (χ4v) is 9.13. The van der Waals surface area contributed by atoms with E-state index in [-0.39, 0.29) is 0 Å². The normalized spacial score (nSPS) is 11.2. The second-order valence-electron chi connectivity index (χ2n) is 15.7. The summed E-state index contributed by atoms with van der Waals surface area (Å²) < 4.78 is 2.38. The fourth-order valence-electron chi connectivity index (χ4n) is 9.13. The second kappa shape index (κ2) is 16.1. The van der Waals surface area contributed by atoms with Crippen molar-refractivity contribution in [2.75, 3.05) is 4.90 Å². The van der Waals surface area contributed by atoms with E-state index >= 15 is 0 Å². The van der Waals surface area contributed by atoms with Gasteiger partial charge >= 0.3 is 0 Å². The van der Waals surface area contributed by atoms with Gasteiger partial charge in [0.15, 0.2) is 0 Å². The molecular formula is C60H42N2. The van der Waals surface area contributed by atoms with E-state index in [2.05, 4.69) is 264 Å². The Morgan fingerprint density at radius 2 is 0.726 bits per heavy atom. The van der Waals surface area contributed by atoms with Crippen LogP contribution in [0.1, 0.15) is 0 Å². The zero-order valence-electron chi connectivity index (χ0n) is 34.1. The van der Waals surface area contributed by atoms with Gasteiger partial charge in [-0.25, -0.2) is 0 Å². The van der Waals surface area contributed by atoms with Crippen molar-refractivity contribution < 1.29 is 0 Å². The highest BCUT2D eigenvalue weighted by molar-refractivity contribution is 6.11. The highest BCUT2D eigenvalue weighted by atomic mass is 15.1. The number of hydrogen-bond acceptors (Lipinski definition) is 1. The third-order valence-electron chi connectivity index (χ3n) is 12.0. The molecule has 0 saturated carbocycles. The number of hydrogen-bond donors (Lipinski definition) is 0. The monoisotopic (exact) mass is 790 g/mol. The third-order valence-corrected chi connectivity index (χ3v) is 12.0. The van der Waals surface area contributed by atoms with Crippen LogP contribution < -0.4 is 4.90 Å². The van der Waals surface area contributed by atoms with Gasteiger partial charge in [-0.3, -0.25) is 0 Å². The molecule has 0 saturated heterocycles. The van der Waals surface area contributed by atoms with Crippen molar-refractivity contribution in [3.63, 3.8) is 0 Å². The number of aromatic nitrogens is 1. The number of anilines is 3. The molecule has 0 aliphatic rings. The first kappa shape index (κ1) is 36.8. The van der Waals surface area contributed by atoms with Crippen molar-refractivity contribution in [3.05, 3.63) is 255 Å². The maximum Gasteiger partial charge on any atom is 0.0542 e. The zero-order chi connectivity index (χ0) is 41.2. The van der Waals surface area contributed by atoms with Gasteiger partial charge in [-0.15, -0.1) is 0 Å². The molecule has 1 heterocycles. The Kier molecular flexibility index (Phi) is 9.57. The maximum absolute atomic E-state index is 2.44. The lowest BCUT2D eigenvalue weighted by atomic mass is 9.88. The molecule has 10 aromatic carbocycles. The Hall–Kier alpha value is -8.20. The first-order valence-corrected chi connectivity index (χ1v) is 21.3. The molecule has 0 fully saturated rings. The van der Waals surface area contributed by atoms with Gasteiger partial charge in [0, 0.05) is 33.4 Å². The van der Waals surface area contributed by atoms with Gasteiger partial charge in [0.2, 0.25) is 0 Å². The minimum atomic E-state index is 1.08. The molecule has 62 heavy (non-hydrogen) atoms. The third kappa shape index (κ3) is 6.74. The van der Waals surface area contributed by atoms with Gasteiger partial charge in [-0.1, -0.05) is 194 Å². The molecule has 0 aliphatic heterocycles. The molecule has 0 atom stereocenters. The lowest BCUT2D eigenvalue weighted by Crippen LogP contribution is -2.11. The lowest BCUT2D eigenvalue weighted by Gasteiger charge is -2.29. The van der Waals surface area contributed by atoms with Crippen molar-refractivity contribution in [1.82, 2.24) is 4.57 Å². The molecule has 0 N–H and O–H groups in total. The van der Waals surface area contributed by atoms with Gasteiger partial charge in [-0.05, 0) is 111 Å². The minimum absolute atomic E-state index is 1.08. The first-order valence-electron chi connectivity index (χ1n) is 21.3. The number of nitrogens with zero attached hydrogens (tertiary/aromatic N) is 2. The van der Waals surface area contributed by atoms with E-state index in [0.717, 1.165) is 28.3 Å². The van der Waals surface area contributed by atoms with E-state index in [1.807, 2.05) is 0 Å². The summed E-state index contributed by atoms with van der Waals surface area (Å²) in [4.78, 5) is 2.44. The van der Waals surface area contributed by atoms with E-state index in [1.165, 1.54) is 71.9 Å². The molecule has 0 radical (unpaired) electrons. The largest absolute Gasteiger partial charge is 0.310 e. The van der Waals surface area contributed by atoms with Crippen LogP contribution in [0.25, 0.3) is 83.1 Å². The van der Waals surface area contributed by atoms with Crippen LogP contribution in [0.2, 0.25) is 0 Å². The van der Waals surface area contributed by atoms with E-state index < -0.39 is 0 Å². The first-order chi connectivity index (χ1) is 30.8. The Balaban J connectivity index is 1.10. The van der Waals surface area contributed by atoms with Crippen LogP contribution in [0.15, 0.2) is 255 Å². The Morgan fingerprint density at radius 1 is 0.258 bits per heavy atom. The van der Waals surface area contributed by atoms with Crippen molar-refractivity contribution in [2.24, 2.45) is 0 Å². The van der Waals surface area contributed by atoms with Crippen LogP contribution in [0.4, 0.5) is 17.1 Å². The van der Waals surface area contributed by atoms with Crippen LogP contribution >= 0.6 is 0 Å². The maximum atomic E-state index is 2.44. The van der Waals surface area contributed by atoms with E-state index in [1.54, 1.807) is 0 Å². The summed E-state index contributed by atoms with van der Waals surface area (Å²) in [6.45, 7) is 0. The zero-order valence-corrected chi connectivity index (χ0v) is 34.1. The molecule has 0 bridgehead atoms. The van der Waals surface area contributed by atoms with Gasteiger partial charge in [0.25, 0.3) is 0 Å². The number of benzene rings is 10. The van der Waals surface area contributed by atoms with Gasteiger partial charge in [0.1, 0.15) is 0 Å². The van der Waals surface area contributed by atoms with E-state index in [9.17, 15) is 0 Å². The van der Waals surface area contributed by atoms with Crippen LogP contribution in [0.5, 0.6) is 0 Å². The summed E-state index contributed by atoms with van der Waals surface area (Å²) in [5.41, 5.74) is 18.7. The van der Waals surface area contributed by atoms with Crippen LogP contribution in [0, 0.1) is 0 Å². The molecule has 11 rings (SSSR count). The van der Waals surface area contributed by atoms with Crippen LogP contribution in [-0.2, 0) is 0 Å². The Morgan fingerprint density at radius 3 is 1.42 bits per heavy atom. The predicted octanol–water partition coefficient (Wildman–Crippen LogP) is 16.6. The van der Waals surface area contributed by atoms with E-state index in [4.69, 9.17) is 0 Å². The van der Waals surface area contributed by atoms with Crippen molar-refractivity contribution in [1.29, 1.82) is 0 Å². The summed E-state index contributed by atoms with van der Waals surface area (Å²) in [5.74, 6) is 0. The Labute approximate surface area is 362 Å². The van der Waals surface area contributed by atoms with Gasteiger partial charge < -0.3 is 9.47 Å². The molecule has 0 amide bonds. The summed E-state index contributed by atoms with van der Waals surface area (Å²) in [6.07, 6.45) is 0. The summed E-state index contributed by atoms with van der Waals surface area (Å²) in [7, 11) is 0. The smallest absolute Gasteiger partial charge is 0.0542 e. The molecule has 0 unspecified atom stereocenters. The highest BCUT2D eigenvalue weighted by Crippen LogP contribution is 2.46. The van der Waals surface area contributed by atoms with E-state index in [0.29, 0.717) is 0 Å². The molecule has 292 valence electrons. The van der Waals surface area contributed by atoms with Gasteiger partial charge in [0.05, 0.1) is 16.7 Å². The van der Waals surface area contributed by atoms with Crippen molar-refractivity contribution in [3.8, 4) is 61.3 Å². The Bertz CT molecular complexity index is 3330. The molecule has 0 aliphatic carbocycles. The average molecular weight is 791 g/mol. The number of fused-ring (bicyclic) bond motifs is 3. The summed E-state index contributed by atoms with van der Waals surface area (Å²) >= 11 is 0. The summed E-state index contributed by atoms with van der Waals surface area (Å²) in [6, 6.07) is 92.1. The number of rotatable bonds is 9. The predicted molar refractivity (Wildman–Crippen MR) is 263 cm³/mol. The van der Waals surface area contributed by atoms with Crippen molar-refractivity contribution in [2.45, 2.75) is 0 Å². The molecule has 2 heteroatoms. The molecule has 1 aromatic heterocycles. The lowest BCUT2D eigenvalue weighted by molar-refractivity contribution is 1.18. The minimum Gasteiger partial charge on any atom is -0.310 e. The number of para-hydroxylation sites is 3.